The SMILES string of the molecule is COc1ccc(Nc2nnc(SCC(=O)N(Cc3ccccc3)CC(F)(F)F)s2)cc1. The maximum atomic E-state index is 13.0. The molecule has 0 atom stereocenters. The van der Waals surface area contributed by atoms with E-state index in [-0.39, 0.29) is 12.3 Å². The van der Waals surface area contributed by atoms with Gasteiger partial charge in [0.2, 0.25) is 11.0 Å². The molecule has 0 saturated carbocycles. The van der Waals surface area contributed by atoms with E-state index in [9.17, 15) is 18.0 Å². The maximum Gasteiger partial charge on any atom is 0.406 e. The first kappa shape index (κ1) is 22.9. The number of thioether (sulfide) groups is 1. The first-order chi connectivity index (χ1) is 14.8. The van der Waals surface area contributed by atoms with Crippen LogP contribution in [0.15, 0.2) is 58.9 Å². The van der Waals surface area contributed by atoms with E-state index >= 15 is 0 Å². The zero-order valence-electron chi connectivity index (χ0n) is 16.4. The summed E-state index contributed by atoms with van der Waals surface area (Å²) in [5.74, 6) is -0.0670. The predicted octanol–water partition coefficient (Wildman–Crippen LogP) is 4.97. The van der Waals surface area contributed by atoms with Gasteiger partial charge in [-0.1, -0.05) is 53.4 Å². The molecule has 3 rings (SSSR count). The summed E-state index contributed by atoms with van der Waals surface area (Å²) in [4.78, 5) is 13.3. The number of carbonyl (C=O) groups is 1. The monoisotopic (exact) mass is 468 g/mol. The molecule has 1 aromatic heterocycles. The van der Waals surface area contributed by atoms with E-state index in [1.807, 2.05) is 12.1 Å². The molecular weight excluding hydrogens is 449 g/mol. The van der Waals surface area contributed by atoms with Crippen molar-refractivity contribution in [3.05, 3.63) is 60.2 Å². The number of carbonyl (C=O) groups excluding carboxylic acids is 1. The number of halogens is 3. The van der Waals surface area contributed by atoms with E-state index in [2.05, 4.69) is 15.5 Å². The molecule has 0 aliphatic carbocycles. The van der Waals surface area contributed by atoms with Crippen LogP contribution in [0.1, 0.15) is 5.56 Å². The fraction of sp³-hybridized carbons (Fsp3) is 0.250. The number of aromatic nitrogens is 2. The summed E-state index contributed by atoms with van der Waals surface area (Å²) < 4.78 is 44.4. The minimum atomic E-state index is -4.48. The number of benzene rings is 2. The van der Waals surface area contributed by atoms with Gasteiger partial charge in [0.1, 0.15) is 12.3 Å². The molecule has 1 amide bonds. The zero-order valence-corrected chi connectivity index (χ0v) is 18.1. The Morgan fingerprint density at radius 3 is 2.48 bits per heavy atom. The summed E-state index contributed by atoms with van der Waals surface area (Å²) in [7, 11) is 1.58. The molecule has 3 aromatic rings. The summed E-state index contributed by atoms with van der Waals surface area (Å²) >= 11 is 2.27. The molecule has 31 heavy (non-hydrogen) atoms. The molecule has 0 bridgehead atoms. The molecule has 0 aliphatic heterocycles. The van der Waals surface area contributed by atoms with Crippen molar-refractivity contribution in [1.29, 1.82) is 0 Å². The van der Waals surface area contributed by atoms with Crippen LogP contribution in [-0.2, 0) is 11.3 Å². The first-order valence-corrected chi connectivity index (χ1v) is 10.9. The molecule has 2 aromatic carbocycles. The first-order valence-electron chi connectivity index (χ1n) is 9.08. The molecule has 6 nitrogen and oxygen atoms in total. The number of nitrogens with one attached hydrogen (secondary N) is 1. The van der Waals surface area contributed by atoms with E-state index in [0.29, 0.717) is 15.0 Å². The van der Waals surface area contributed by atoms with Crippen LogP contribution >= 0.6 is 23.1 Å². The molecule has 0 unspecified atom stereocenters. The number of rotatable bonds is 9. The molecule has 1 heterocycles. The molecule has 1 N–H and O–H groups in total. The van der Waals surface area contributed by atoms with Gasteiger partial charge in [-0.2, -0.15) is 13.2 Å². The Morgan fingerprint density at radius 1 is 1.13 bits per heavy atom. The van der Waals surface area contributed by atoms with E-state index in [0.717, 1.165) is 28.1 Å². The van der Waals surface area contributed by atoms with Gasteiger partial charge in [0.15, 0.2) is 4.34 Å². The highest BCUT2D eigenvalue weighted by molar-refractivity contribution is 8.01. The second-order valence-corrected chi connectivity index (χ2v) is 8.57. The van der Waals surface area contributed by atoms with Gasteiger partial charge in [-0.15, -0.1) is 10.2 Å². The van der Waals surface area contributed by atoms with Crippen LogP contribution in [0.4, 0.5) is 24.0 Å². The summed E-state index contributed by atoms with van der Waals surface area (Å²) in [6.45, 7) is -1.41. The summed E-state index contributed by atoms with van der Waals surface area (Å²) in [5, 5.41) is 11.6. The Balaban J connectivity index is 1.58. The molecule has 0 saturated heterocycles. The van der Waals surface area contributed by atoms with E-state index in [1.54, 1.807) is 49.6 Å². The highest BCUT2D eigenvalue weighted by atomic mass is 32.2. The van der Waals surface area contributed by atoms with Gasteiger partial charge in [0, 0.05) is 12.2 Å². The molecule has 164 valence electrons. The third kappa shape index (κ3) is 7.44. The van der Waals surface area contributed by atoms with Crippen LogP contribution in [-0.4, -0.2) is 46.6 Å². The summed E-state index contributed by atoms with van der Waals surface area (Å²) in [5.41, 5.74) is 1.41. The van der Waals surface area contributed by atoms with E-state index < -0.39 is 18.6 Å². The Labute approximate surface area is 185 Å². The van der Waals surface area contributed by atoms with Crippen LogP contribution in [0.5, 0.6) is 5.75 Å². The third-order valence-corrected chi connectivity index (χ3v) is 5.96. The maximum absolute atomic E-state index is 13.0. The van der Waals surface area contributed by atoms with Crippen molar-refractivity contribution in [2.45, 2.75) is 17.1 Å². The Bertz CT molecular complexity index is 982. The molecule has 0 fully saturated rings. The summed E-state index contributed by atoms with van der Waals surface area (Å²) in [6.07, 6.45) is -4.48. The van der Waals surface area contributed by atoms with Crippen molar-refractivity contribution in [2.24, 2.45) is 0 Å². The van der Waals surface area contributed by atoms with Gasteiger partial charge in [0.25, 0.3) is 0 Å². The normalized spacial score (nSPS) is 11.2. The number of methoxy groups -OCH3 is 1. The number of alkyl halides is 3. The number of hydrogen-bond donors (Lipinski definition) is 1. The van der Waals surface area contributed by atoms with Crippen molar-refractivity contribution in [2.75, 3.05) is 24.7 Å². The van der Waals surface area contributed by atoms with Crippen LogP contribution in [0.25, 0.3) is 0 Å². The molecule has 0 spiro atoms. The van der Waals surface area contributed by atoms with Gasteiger partial charge in [0.05, 0.1) is 12.9 Å². The lowest BCUT2D eigenvalue weighted by Gasteiger charge is -2.23. The molecule has 0 radical (unpaired) electrons. The van der Waals surface area contributed by atoms with Crippen LogP contribution in [0.2, 0.25) is 0 Å². The highest BCUT2D eigenvalue weighted by Crippen LogP contribution is 2.29. The van der Waals surface area contributed by atoms with Crippen LogP contribution in [0.3, 0.4) is 0 Å². The average molecular weight is 469 g/mol. The minimum Gasteiger partial charge on any atom is -0.497 e. The van der Waals surface area contributed by atoms with E-state index in [1.165, 1.54) is 11.3 Å². The van der Waals surface area contributed by atoms with Gasteiger partial charge in [-0.25, -0.2) is 0 Å². The quantitative estimate of drug-likeness (QED) is 0.447. The number of nitrogens with zero attached hydrogens (tertiary/aromatic N) is 3. The van der Waals surface area contributed by atoms with E-state index in [4.69, 9.17) is 4.74 Å². The van der Waals surface area contributed by atoms with Crippen molar-refractivity contribution in [3.63, 3.8) is 0 Å². The van der Waals surface area contributed by atoms with Crippen molar-refractivity contribution < 1.29 is 22.7 Å². The zero-order chi connectivity index (χ0) is 22.3. The van der Waals surface area contributed by atoms with Gasteiger partial charge in [-0.3, -0.25) is 4.79 Å². The highest BCUT2D eigenvalue weighted by Gasteiger charge is 2.33. The van der Waals surface area contributed by atoms with Gasteiger partial charge in [-0.05, 0) is 29.8 Å². The lowest BCUT2D eigenvalue weighted by molar-refractivity contribution is -0.160. The Kier molecular flexibility index (Phi) is 7.75. The molecular formula is C20H19F3N4O2S2. The number of hydrogen-bond acceptors (Lipinski definition) is 7. The average Bonchev–Trinajstić information content (AvgIpc) is 3.19. The lowest BCUT2D eigenvalue weighted by atomic mass is 10.2. The van der Waals surface area contributed by atoms with Crippen LogP contribution in [0, 0.1) is 0 Å². The number of amides is 1. The fourth-order valence-electron chi connectivity index (χ4n) is 2.58. The van der Waals surface area contributed by atoms with Crippen LogP contribution < -0.4 is 10.1 Å². The second-order valence-electron chi connectivity index (χ2n) is 6.37. The third-order valence-electron chi connectivity index (χ3n) is 4.01. The van der Waals surface area contributed by atoms with Gasteiger partial charge >= 0.3 is 6.18 Å². The van der Waals surface area contributed by atoms with Crippen molar-refractivity contribution in [3.8, 4) is 5.75 Å². The topological polar surface area (TPSA) is 67.3 Å². The van der Waals surface area contributed by atoms with Crippen molar-refractivity contribution in [1.82, 2.24) is 15.1 Å². The van der Waals surface area contributed by atoms with Crippen molar-refractivity contribution >= 4 is 39.8 Å². The standard InChI is InChI=1S/C20H19F3N4O2S2/c1-29-16-9-7-15(8-10-16)24-18-25-26-19(31-18)30-12-17(28)27(13-20(21,22)23)11-14-5-3-2-4-6-14/h2-10H,11-13H2,1H3,(H,24,25). The Hall–Kier alpha value is -2.79. The number of ether oxygens (including phenoxy) is 1. The molecule has 11 heteroatoms. The number of anilines is 2. The smallest absolute Gasteiger partial charge is 0.406 e. The van der Waals surface area contributed by atoms with Gasteiger partial charge < -0.3 is 15.0 Å². The minimum absolute atomic E-state index is 0.111. The summed E-state index contributed by atoms with van der Waals surface area (Å²) in [6, 6.07) is 15.8. The molecule has 0 aliphatic rings. The predicted molar refractivity (Wildman–Crippen MR) is 115 cm³/mol. The Morgan fingerprint density at radius 2 is 1.84 bits per heavy atom. The largest absolute Gasteiger partial charge is 0.497 e. The fourth-order valence-corrected chi connectivity index (χ4v) is 4.26. The lowest BCUT2D eigenvalue weighted by Crippen LogP contribution is -2.39. The second kappa shape index (κ2) is 10.5.